The van der Waals surface area contributed by atoms with Crippen molar-refractivity contribution in [2.24, 2.45) is 12.1 Å². The van der Waals surface area contributed by atoms with Crippen LogP contribution >= 0.6 is 0 Å². The van der Waals surface area contributed by atoms with Gasteiger partial charge < -0.3 is 9.84 Å². The van der Waals surface area contributed by atoms with Gasteiger partial charge in [0.2, 0.25) is 6.33 Å². The molecule has 0 N–H and O–H groups in total. The number of aryl methyl sites for hydroxylation is 1. The lowest BCUT2D eigenvalue weighted by molar-refractivity contribution is -0.682. The van der Waals surface area contributed by atoms with Gasteiger partial charge in [-0.2, -0.15) is 0 Å². The van der Waals surface area contributed by atoms with E-state index < -0.39 is 23.8 Å². The van der Waals surface area contributed by atoms with Crippen LogP contribution < -0.4 is 14.5 Å². The highest BCUT2D eigenvalue weighted by atomic mass is 19.4. The Labute approximate surface area is 169 Å². The number of hydrogen-bond donors (Lipinski definition) is 0. The first-order valence-electron chi connectivity index (χ1n) is 8.61. The van der Waals surface area contributed by atoms with Crippen molar-refractivity contribution >= 4 is 12.0 Å². The number of hydrogen-bond acceptors (Lipinski definition) is 4. The largest absolute Gasteiger partial charge is 0.856 e. The fourth-order valence-corrected chi connectivity index (χ4v) is 2.60. The number of benzene rings is 2. The Hall–Kier alpha value is -3.69. The van der Waals surface area contributed by atoms with Gasteiger partial charge in [-0.15, -0.1) is 27.6 Å². The van der Waals surface area contributed by atoms with Gasteiger partial charge in [-0.25, -0.2) is 4.39 Å². The fraction of sp³-hybridized carbons (Fsp3) is 0.150. The highest BCUT2D eigenvalue weighted by Crippen LogP contribution is 2.28. The Bertz CT molecular complexity index is 1100. The standard InChI is InChI=1S/C20H16F4N4O2/c1-13(19(29)26-28-11-25-27(2)12-28)9-14-3-8-17(18(21)10-14)15-4-6-16(7-5-15)30-20(22,23)24/h3-12H,1-2H3/b13-9+. The summed E-state index contributed by atoms with van der Waals surface area (Å²) in [6, 6.07) is 9.16. The number of ether oxygens (including phenoxy) is 1. The Balaban J connectivity index is 1.79. The molecule has 0 saturated heterocycles. The SMILES string of the molecule is CC(=C\c1ccc(-c2ccc(OC(F)(F)F)cc2)c(F)c1)/C([O-])=N/[n+]1cnn(C)c1. The van der Waals surface area contributed by atoms with E-state index in [2.05, 4.69) is 14.9 Å². The maximum absolute atomic E-state index is 14.5. The molecule has 0 amide bonds. The van der Waals surface area contributed by atoms with Crippen molar-refractivity contribution in [2.45, 2.75) is 13.3 Å². The monoisotopic (exact) mass is 420 g/mol. The molecule has 3 rings (SSSR count). The van der Waals surface area contributed by atoms with Gasteiger partial charge in [-0.05, 0) is 41.8 Å². The molecule has 0 atom stereocenters. The van der Waals surface area contributed by atoms with E-state index in [0.717, 1.165) is 12.1 Å². The molecule has 10 heteroatoms. The summed E-state index contributed by atoms with van der Waals surface area (Å²) < 4.78 is 57.8. The van der Waals surface area contributed by atoms with Crippen LogP contribution in [0.15, 0.2) is 65.8 Å². The lowest BCUT2D eigenvalue weighted by atomic mass is 10.0. The van der Waals surface area contributed by atoms with Crippen molar-refractivity contribution in [2.75, 3.05) is 0 Å². The summed E-state index contributed by atoms with van der Waals surface area (Å²) in [6.45, 7) is 1.55. The second kappa shape index (κ2) is 8.36. The molecule has 0 aliphatic carbocycles. The molecule has 0 fully saturated rings. The van der Waals surface area contributed by atoms with E-state index >= 15 is 0 Å². The Morgan fingerprint density at radius 2 is 1.90 bits per heavy atom. The molecule has 156 valence electrons. The Morgan fingerprint density at radius 1 is 1.20 bits per heavy atom. The summed E-state index contributed by atoms with van der Waals surface area (Å²) >= 11 is 0. The van der Waals surface area contributed by atoms with E-state index in [1.54, 1.807) is 20.0 Å². The van der Waals surface area contributed by atoms with E-state index in [4.69, 9.17) is 0 Å². The van der Waals surface area contributed by atoms with Crippen LogP contribution in [0.3, 0.4) is 0 Å². The van der Waals surface area contributed by atoms with Gasteiger partial charge in [-0.1, -0.05) is 30.3 Å². The zero-order chi connectivity index (χ0) is 21.9. The predicted molar refractivity (Wildman–Crippen MR) is 98.4 cm³/mol. The van der Waals surface area contributed by atoms with E-state index in [1.165, 1.54) is 52.4 Å². The van der Waals surface area contributed by atoms with Gasteiger partial charge in [0.05, 0.1) is 7.05 Å². The van der Waals surface area contributed by atoms with Crippen molar-refractivity contribution in [3.8, 4) is 16.9 Å². The lowest BCUT2D eigenvalue weighted by Gasteiger charge is -2.11. The second-order valence-electron chi connectivity index (χ2n) is 6.34. The molecular formula is C20H16F4N4O2. The zero-order valence-corrected chi connectivity index (χ0v) is 15.9. The maximum atomic E-state index is 14.5. The van der Waals surface area contributed by atoms with Gasteiger partial charge in [-0.3, -0.25) is 0 Å². The van der Waals surface area contributed by atoms with Crippen LogP contribution in [0.4, 0.5) is 17.6 Å². The van der Waals surface area contributed by atoms with Crippen LogP contribution in [0.5, 0.6) is 5.75 Å². The van der Waals surface area contributed by atoms with Crippen molar-refractivity contribution in [3.05, 3.63) is 72.1 Å². The predicted octanol–water partition coefficient (Wildman–Crippen LogP) is 3.04. The van der Waals surface area contributed by atoms with Crippen molar-refractivity contribution in [1.82, 2.24) is 9.78 Å². The van der Waals surface area contributed by atoms with Crippen molar-refractivity contribution in [3.63, 3.8) is 0 Å². The molecule has 0 unspecified atom stereocenters. The summed E-state index contributed by atoms with van der Waals surface area (Å²) in [5.74, 6) is -1.50. The molecule has 2 aromatic carbocycles. The van der Waals surface area contributed by atoms with Crippen molar-refractivity contribution < 1.29 is 32.1 Å². The average Bonchev–Trinajstić information content (AvgIpc) is 3.06. The minimum atomic E-state index is -4.79. The normalized spacial score (nSPS) is 12.9. The molecule has 0 bridgehead atoms. The molecule has 0 aliphatic heterocycles. The molecule has 1 aromatic heterocycles. The summed E-state index contributed by atoms with van der Waals surface area (Å²) in [7, 11) is 1.68. The highest BCUT2D eigenvalue weighted by Gasteiger charge is 2.31. The summed E-state index contributed by atoms with van der Waals surface area (Å²) in [5, 5.41) is 19.9. The third-order valence-electron chi connectivity index (χ3n) is 3.96. The lowest BCUT2D eigenvalue weighted by Crippen LogP contribution is -2.32. The molecule has 1 heterocycles. The van der Waals surface area contributed by atoms with Crippen LogP contribution in [0, 0.1) is 5.82 Å². The molecule has 0 spiro atoms. The molecule has 30 heavy (non-hydrogen) atoms. The molecule has 3 aromatic rings. The number of aromatic nitrogens is 3. The smallest absolute Gasteiger partial charge is 0.573 e. The fourth-order valence-electron chi connectivity index (χ4n) is 2.60. The average molecular weight is 420 g/mol. The Morgan fingerprint density at radius 3 is 2.47 bits per heavy atom. The van der Waals surface area contributed by atoms with Crippen LogP contribution in [-0.2, 0) is 7.05 Å². The Kier molecular flexibility index (Phi) is 5.86. The van der Waals surface area contributed by atoms with E-state index in [0.29, 0.717) is 11.1 Å². The summed E-state index contributed by atoms with van der Waals surface area (Å²) in [6.07, 6.45) is -0.441. The maximum Gasteiger partial charge on any atom is 0.573 e. The zero-order valence-electron chi connectivity index (χ0n) is 15.9. The molecule has 6 nitrogen and oxygen atoms in total. The molecule has 0 radical (unpaired) electrons. The van der Waals surface area contributed by atoms with E-state index in [9.17, 15) is 22.7 Å². The highest BCUT2D eigenvalue weighted by molar-refractivity contribution is 5.93. The number of halogens is 4. The number of rotatable bonds is 5. The number of nitrogens with zero attached hydrogens (tertiary/aromatic N) is 4. The number of alkyl halides is 3. The minimum Gasteiger partial charge on any atom is -0.856 e. The van der Waals surface area contributed by atoms with Gasteiger partial charge in [0, 0.05) is 16.6 Å². The molecular weight excluding hydrogens is 404 g/mol. The topological polar surface area (TPSA) is 66.3 Å². The first-order chi connectivity index (χ1) is 14.1. The quantitative estimate of drug-likeness (QED) is 0.276. The van der Waals surface area contributed by atoms with Crippen molar-refractivity contribution in [1.29, 1.82) is 0 Å². The third-order valence-corrected chi connectivity index (χ3v) is 3.96. The molecule has 0 aliphatic rings. The second-order valence-corrected chi connectivity index (χ2v) is 6.34. The first-order valence-corrected chi connectivity index (χ1v) is 8.61. The van der Waals surface area contributed by atoms with Gasteiger partial charge in [0.25, 0.3) is 6.33 Å². The van der Waals surface area contributed by atoms with Crippen LogP contribution in [0.2, 0.25) is 0 Å². The third kappa shape index (κ3) is 5.43. The van der Waals surface area contributed by atoms with Crippen LogP contribution in [0.25, 0.3) is 17.2 Å². The van der Waals surface area contributed by atoms with E-state index in [-0.39, 0.29) is 11.1 Å². The molecule has 0 saturated carbocycles. The van der Waals surface area contributed by atoms with Gasteiger partial charge >= 0.3 is 6.36 Å². The van der Waals surface area contributed by atoms with Gasteiger partial charge in [0.1, 0.15) is 11.6 Å². The van der Waals surface area contributed by atoms with E-state index in [1.807, 2.05) is 0 Å². The minimum absolute atomic E-state index is 0.199. The summed E-state index contributed by atoms with van der Waals surface area (Å²) in [4.78, 5) is 0. The summed E-state index contributed by atoms with van der Waals surface area (Å²) in [5.41, 5.74) is 1.30. The van der Waals surface area contributed by atoms with Gasteiger partial charge in [0.15, 0.2) is 0 Å². The van der Waals surface area contributed by atoms with Crippen LogP contribution in [0.1, 0.15) is 12.5 Å². The van der Waals surface area contributed by atoms with Crippen LogP contribution in [-0.4, -0.2) is 22.0 Å². The first kappa shape index (κ1) is 21.0.